The van der Waals surface area contributed by atoms with Crippen molar-refractivity contribution >= 4 is 24.0 Å². The first-order valence-corrected chi connectivity index (χ1v) is 9.64. The molecule has 1 aromatic heterocycles. The van der Waals surface area contributed by atoms with Crippen molar-refractivity contribution in [2.75, 3.05) is 11.9 Å². The Morgan fingerprint density at radius 1 is 1.10 bits per heavy atom. The molecule has 0 radical (unpaired) electrons. The standard InChI is InChI=1S/C22H27N5O.ClH/c1-5-23-14-17-10-6-8-12-19(17)25-22(28)21-24-16(4)27(26-21)20-13-9-7-11-18(20)15(2)3;/h6-13,15,23H,5,14H2,1-4H3,(H,25,28);1H. The fourth-order valence-electron chi connectivity index (χ4n) is 3.12. The number of para-hydroxylation sites is 2. The van der Waals surface area contributed by atoms with E-state index in [0.29, 0.717) is 18.3 Å². The average Bonchev–Trinajstić information content (AvgIpc) is 3.09. The largest absolute Gasteiger partial charge is 0.319 e. The molecule has 7 heteroatoms. The van der Waals surface area contributed by atoms with E-state index in [4.69, 9.17) is 0 Å². The zero-order valence-electron chi connectivity index (χ0n) is 17.3. The maximum atomic E-state index is 12.8. The van der Waals surface area contributed by atoms with Crippen LogP contribution in [0.5, 0.6) is 0 Å². The van der Waals surface area contributed by atoms with Crippen molar-refractivity contribution in [2.45, 2.75) is 40.2 Å². The molecule has 2 aromatic carbocycles. The first-order valence-electron chi connectivity index (χ1n) is 9.64. The molecule has 1 heterocycles. The SMILES string of the molecule is CCNCc1ccccc1NC(=O)c1nc(C)n(-c2ccccc2C(C)C)n1.Cl. The number of carbonyl (C=O) groups is 1. The lowest BCUT2D eigenvalue weighted by molar-refractivity contribution is 0.101. The molecule has 0 aliphatic rings. The molecule has 0 spiro atoms. The summed E-state index contributed by atoms with van der Waals surface area (Å²) in [6.45, 7) is 9.74. The summed E-state index contributed by atoms with van der Waals surface area (Å²) in [5.74, 6) is 0.872. The molecule has 0 atom stereocenters. The molecule has 6 nitrogen and oxygen atoms in total. The predicted molar refractivity (Wildman–Crippen MR) is 119 cm³/mol. The van der Waals surface area contributed by atoms with Gasteiger partial charge in [-0.25, -0.2) is 9.67 Å². The number of benzene rings is 2. The fourth-order valence-corrected chi connectivity index (χ4v) is 3.12. The van der Waals surface area contributed by atoms with Gasteiger partial charge in [-0.3, -0.25) is 4.79 Å². The maximum Gasteiger partial charge on any atom is 0.295 e. The highest BCUT2D eigenvalue weighted by Gasteiger charge is 2.18. The number of hydrogen-bond acceptors (Lipinski definition) is 4. The van der Waals surface area contributed by atoms with Gasteiger partial charge >= 0.3 is 0 Å². The Balaban J connectivity index is 0.00000300. The van der Waals surface area contributed by atoms with Gasteiger partial charge in [-0.05, 0) is 42.6 Å². The molecule has 0 bridgehead atoms. The van der Waals surface area contributed by atoms with Crippen LogP contribution in [0.3, 0.4) is 0 Å². The Labute approximate surface area is 178 Å². The van der Waals surface area contributed by atoms with Gasteiger partial charge in [-0.1, -0.05) is 57.2 Å². The summed E-state index contributed by atoms with van der Waals surface area (Å²) in [5, 5.41) is 10.7. The van der Waals surface area contributed by atoms with Gasteiger partial charge in [0.2, 0.25) is 5.82 Å². The van der Waals surface area contributed by atoms with Gasteiger partial charge in [-0.2, -0.15) is 0 Å². The number of nitrogens with one attached hydrogen (secondary N) is 2. The Hall–Kier alpha value is -2.70. The second kappa shape index (κ2) is 10.2. The summed E-state index contributed by atoms with van der Waals surface area (Å²) in [6.07, 6.45) is 0. The minimum Gasteiger partial charge on any atom is -0.319 e. The highest BCUT2D eigenvalue weighted by Crippen LogP contribution is 2.23. The second-order valence-corrected chi connectivity index (χ2v) is 7.00. The number of aryl methyl sites for hydroxylation is 1. The van der Waals surface area contributed by atoms with E-state index < -0.39 is 0 Å². The fraction of sp³-hybridized carbons (Fsp3) is 0.318. The molecular formula is C22H28ClN5O. The van der Waals surface area contributed by atoms with Crippen molar-refractivity contribution in [3.8, 4) is 5.69 Å². The van der Waals surface area contributed by atoms with Gasteiger partial charge in [0.25, 0.3) is 5.91 Å². The highest BCUT2D eigenvalue weighted by atomic mass is 35.5. The molecule has 154 valence electrons. The van der Waals surface area contributed by atoms with Crippen molar-refractivity contribution < 1.29 is 4.79 Å². The summed E-state index contributed by atoms with van der Waals surface area (Å²) in [5.41, 5.74) is 3.91. The number of carbonyl (C=O) groups excluding carboxylic acids is 1. The van der Waals surface area contributed by atoms with Crippen molar-refractivity contribution in [3.05, 3.63) is 71.3 Å². The lowest BCUT2D eigenvalue weighted by atomic mass is 10.0. The minimum atomic E-state index is -0.312. The monoisotopic (exact) mass is 413 g/mol. The van der Waals surface area contributed by atoms with Crippen LogP contribution < -0.4 is 10.6 Å². The third-order valence-electron chi connectivity index (χ3n) is 4.59. The van der Waals surface area contributed by atoms with Crippen LogP contribution in [0.1, 0.15) is 54.3 Å². The molecule has 0 aliphatic heterocycles. The van der Waals surface area contributed by atoms with Crippen LogP contribution in [-0.4, -0.2) is 27.2 Å². The summed E-state index contributed by atoms with van der Waals surface area (Å²) < 4.78 is 1.74. The third kappa shape index (κ3) is 5.22. The van der Waals surface area contributed by atoms with Crippen LogP contribution >= 0.6 is 12.4 Å². The van der Waals surface area contributed by atoms with Gasteiger partial charge in [0.05, 0.1) is 5.69 Å². The van der Waals surface area contributed by atoms with E-state index in [9.17, 15) is 4.79 Å². The summed E-state index contributed by atoms with van der Waals surface area (Å²) in [4.78, 5) is 17.2. The number of amides is 1. The Morgan fingerprint density at radius 3 is 2.52 bits per heavy atom. The number of halogens is 1. The van der Waals surface area contributed by atoms with Gasteiger partial charge < -0.3 is 10.6 Å². The smallest absolute Gasteiger partial charge is 0.295 e. The number of rotatable bonds is 7. The maximum absolute atomic E-state index is 12.8. The van der Waals surface area contributed by atoms with Crippen LogP contribution in [0.15, 0.2) is 48.5 Å². The van der Waals surface area contributed by atoms with Crippen molar-refractivity contribution in [1.82, 2.24) is 20.1 Å². The lowest BCUT2D eigenvalue weighted by Crippen LogP contribution is -2.18. The molecule has 0 saturated carbocycles. The van der Waals surface area contributed by atoms with E-state index >= 15 is 0 Å². The van der Waals surface area contributed by atoms with E-state index in [1.807, 2.05) is 49.4 Å². The quantitative estimate of drug-likeness (QED) is 0.598. The van der Waals surface area contributed by atoms with Crippen LogP contribution in [0, 0.1) is 6.92 Å². The Kier molecular flexibility index (Phi) is 7.93. The summed E-state index contributed by atoms with van der Waals surface area (Å²) in [7, 11) is 0. The number of aromatic nitrogens is 3. The van der Waals surface area contributed by atoms with Crippen molar-refractivity contribution in [3.63, 3.8) is 0 Å². The van der Waals surface area contributed by atoms with Crippen LogP contribution in [-0.2, 0) is 6.54 Å². The number of anilines is 1. The Morgan fingerprint density at radius 2 is 1.79 bits per heavy atom. The summed E-state index contributed by atoms with van der Waals surface area (Å²) >= 11 is 0. The number of hydrogen-bond donors (Lipinski definition) is 2. The third-order valence-corrected chi connectivity index (χ3v) is 4.59. The molecule has 0 aliphatic carbocycles. The van der Waals surface area contributed by atoms with E-state index in [2.05, 4.69) is 47.6 Å². The minimum absolute atomic E-state index is 0. The van der Waals surface area contributed by atoms with Gasteiger partial charge in [0, 0.05) is 12.2 Å². The first kappa shape index (κ1) is 22.6. The van der Waals surface area contributed by atoms with Gasteiger partial charge in [0.15, 0.2) is 0 Å². The highest BCUT2D eigenvalue weighted by molar-refractivity contribution is 6.02. The molecule has 3 aromatic rings. The van der Waals surface area contributed by atoms with Crippen LogP contribution in [0.2, 0.25) is 0 Å². The molecule has 3 rings (SSSR count). The van der Waals surface area contributed by atoms with E-state index in [-0.39, 0.29) is 24.1 Å². The predicted octanol–water partition coefficient (Wildman–Crippen LogP) is 4.48. The molecule has 0 saturated heterocycles. The topological polar surface area (TPSA) is 71.8 Å². The molecule has 0 fully saturated rings. The van der Waals surface area contributed by atoms with Crippen molar-refractivity contribution in [1.29, 1.82) is 0 Å². The molecule has 2 N–H and O–H groups in total. The van der Waals surface area contributed by atoms with E-state index in [0.717, 1.165) is 23.5 Å². The zero-order chi connectivity index (χ0) is 20.1. The van der Waals surface area contributed by atoms with E-state index in [1.165, 1.54) is 5.56 Å². The van der Waals surface area contributed by atoms with Crippen molar-refractivity contribution in [2.24, 2.45) is 0 Å². The average molecular weight is 414 g/mol. The molecular weight excluding hydrogens is 386 g/mol. The zero-order valence-corrected chi connectivity index (χ0v) is 18.1. The van der Waals surface area contributed by atoms with Gasteiger partial charge in [0.1, 0.15) is 5.82 Å². The molecule has 29 heavy (non-hydrogen) atoms. The Bertz CT molecular complexity index is 967. The summed E-state index contributed by atoms with van der Waals surface area (Å²) in [6, 6.07) is 15.8. The normalized spacial score (nSPS) is 10.7. The first-order chi connectivity index (χ1) is 13.5. The van der Waals surface area contributed by atoms with Crippen LogP contribution in [0.25, 0.3) is 5.69 Å². The van der Waals surface area contributed by atoms with Crippen LogP contribution in [0.4, 0.5) is 5.69 Å². The van der Waals surface area contributed by atoms with Gasteiger partial charge in [-0.15, -0.1) is 17.5 Å². The second-order valence-electron chi connectivity index (χ2n) is 7.00. The molecule has 1 amide bonds. The molecule has 0 unspecified atom stereocenters. The number of nitrogens with zero attached hydrogens (tertiary/aromatic N) is 3. The van der Waals surface area contributed by atoms with E-state index in [1.54, 1.807) is 4.68 Å². The lowest BCUT2D eigenvalue weighted by Gasteiger charge is -2.13.